The minimum Gasteiger partial charge on any atom is -0.356 e. The molecule has 0 spiro atoms. The summed E-state index contributed by atoms with van der Waals surface area (Å²) >= 11 is 0. The molecule has 1 heterocycles. The Hall–Kier alpha value is -1.03. The van der Waals surface area contributed by atoms with Gasteiger partial charge in [-0.25, -0.2) is 0 Å². The number of rotatable bonds is 7. The van der Waals surface area contributed by atoms with Gasteiger partial charge in [0.05, 0.1) is 5.69 Å². The topological polar surface area (TPSA) is 33.1 Å². The molecule has 0 atom stereocenters. The van der Waals surface area contributed by atoms with Crippen molar-refractivity contribution in [3.05, 3.63) is 11.3 Å². The summed E-state index contributed by atoms with van der Waals surface area (Å²) < 4.78 is 2.06. The fourth-order valence-electron chi connectivity index (χ4n) is 2.63. The maximum Gasteiger partial charge on any atom is 0.131 e. The third-order valence-corrected chi connectivity index (χ3v) is 3.64. The van der Waals surface area contributed by atoms with Crippen molar-refractivity contribution >= 4 is 5.82 Å². The second-order valence-electron chi connectivity index (χ2n) is 5.43. The Labute approximate surface area is 110 Å². The largest absolute Gasteiger partial charge is 0.356 e. The number of hydrogen-bond donors (Lipinski definition) is 1. The first-order chi connectivity index (χ1) is 8.67. The standard InChI is InChI=1S/C14H26N4/c1-5-8-18(10-12-6-7-12)14-13(9-15-3)11(2)16-17(14)4/h12,15H,5-10H2,1-4H3. The zero-order chi connectivity index (χ0) is 13.1. The lowest BCUT2D eigenvalue weighted by Gasteiger charge is -2.25. The van der Waals surface area contributed by atoms with Crippen LogP contribution < -0.4 is 10.2 Å². The van der Waals surface area contributed by atoms with Gasteiger partial charge in [0.2, 0.25) is 0 Å². The summed E-state index contributed by atoms with van der Waals surface area (Å²) in [5.74, 6) is 2.23. The molecular formula is C14H26N4. The Morgan fingerprint density at radius 2 is 2.17 bits per heavy atom. The summed E-state index contributed by atoms with van der Waals surface area (Å²) in [6.45, 7) is 7.59. The van der Waals surface area contributed by atoms with E-state index in [-0.39, 0.29) is 0 Å². The highest BCUT2D eigenvalue weighted by atomic mass is 15.4. The number of nitrogens with one attached hydrogen (secondary N) is 1. The average molecular weight is 250 g/mol. The molecule has 1 aliphatic rings. The molecule has 102 valence electrons. The van der Waals surface area contributed by atoms with Crippen LogP contribution in [0, 0.1) is 12.8 Å². The van der Waals surface area contributed by atoms with Gasteiger partial charge in [0.15, 0.2) is 0 Å². The summed E-state index contributed by atoms with van der Waals surface area (Å²) in [6.07, 6.45) is 3.99. The third-order valence-electron chi connectivity index (χ3n) is 3.64. The zero-order valence-electron chi connectivity index (χ0n) is 12.2. The first-order valence-corrected chi connectivity index (χ1v) is 7.09. The van der Waals surface area contributed by atoms with Crippen LogP contribution >= 0.6 is 0 Å². The molecule has 1 fully saturated rings. The number of hydrogen-bond acceptors (Lipinski definition) is 3. The molecule has 0 aliphatic heterocycles. The number of nitrogens with zero attached hydrogens (tertiary/aromatic N) is 3. The molecule has 1 N–H and O–H groups in total. The van der Waals surface area contributed by atoms with Crippen LogP contribution in [0.1, 0.15) is 37.4 Å². The lowest BCUT2D eigenvalue weighted by Crippen LogP contribution is -2.30. The summed E-state index contributed by atoms with van der Waals surface area (Å²) in [6, 6.07) is 0. The fourth-order valence-corrected chi connectivity index (χ4v) is 2.63. The van der Waals surface area contributed by atoms with Crippen LogP contribution in [0.3, 0.4) is 0 Å². The highest BCUT2D eigenvalue weighted by molar-refractivity contribution is 5.50. The predicted octanol–water partition coefficient (Wildman–Crippen LogP) is 2.07. The van der Waals surface area contributed by atoms with Crippen molar-refractivity contribution < 1.29 is 0 Å². The number of aromatic nitrogens is 2. The Morgan fingerprint density at radius 3 is 2.72 bits per heavy atom. The Balaban J connectivity index is 2.25. The summed E-state index contributed by atoms with van der Waals surface area (Å²) in [5, 5.41) is 7.86. The second kappa shape index (κ2) is 5.74. The molecule has 0 aromatic carbocycles. The van der Waals surface area contributed by atoms with E-state index in [0.29, 0.717) is 0 Å². The van der Waals surface area contributed by atoms with Crippen molar-refractivity contribution in [2.75, 3.05) is 25.0 Å². The van der Waals surface area contributed by atoms with Gasteiger partial charge in [-0.2, -0.15) is 5.10 Å². The quantitative estimate of drug-likeness (QED) is 0.804. The maximum absolute atomic E-state index is 4.60. The Morgan fingerprint density at radius 1 is 1.44 bits per heavy atom. The third kappa shape index (κ3) is 2.86. The fraction of sp³-hybridized carbons (Fsp3) is 0.786. The van der Waals surface area contributed by atoms with Crippen molar-refractivity contribution in [2.24, 2.45) is 13.0 Å². The minimum absolute atomic E-state index is 0.903. The molecule has 4 nitrogen and oxygen atoms in total. The van der Waals surface area contributed by atoms with E-state index in [1.54, 1.807) is 0 Å². The van der Waals surface area contributed by atoms with Gasteiger partial charge in [-0.3, -0.25) is 4.68 Å². The molecule has 1 saturated carbocycles. The first kappa shape index (κ1) is 13.4. The second-order valence-corrected chi connectivity index (χ2v) is 5.43. The van der Waals surface area contributed by atoms with Crippen LogP contribution in [0.25, 0.3) is 0 Å². The van der Waals surface area contributed by atoms with Gasteiger partial charge in [-0.15, -0.1) is 0 Å². The van der Waals surface area contributed by atoms with Crippen LogP contribution in [0.2, 0.25) is 0 Å². The normalized spacial score (nSPS) is 15.1. The van der Waals surface area contributed by atoms with E-state index >= 15 is 0 Å². The molecule has 0 amide bonds. The molecule has 1 aromatic heterocycles. The summed E-state index contributed by atoms with van der Waals surface area (Å²) in [7, 11) is 4.07. The van der Waals surface area contributed by atoms with Gasteiger partial charge in [0.25, 0.3) is 0 Å². The van der Waals surface area contributed by atoms with Crippen LogP contribution in [0.5, 0.6) is 0 Å². The van der Waals surface area contributed by atoms with E-state index in [1.807, 2.05) is 7.05 Å². The van der Waals surface area contributed by atoms with Crippen LogP contribution in [-0.4, -0.2) is 29.9 Å². The molecule has 1 aromatic rings. The molecular weight excluding hydrogens is 224 g/mol. The average Bonchev–Trinajstić information content (AvgIpc) is 3.07. The van der Waals surface area contributed by atoms with Gasteiger partial charge in [0, 0.05) is 32.2 Å². The van der Waals surface area contributed by atoms with Crippen LogP contribution in [-0.2, 0) is 13.6 Å². The molecule has 0 radical (unpaired) electrons. The zero-order valence-corrected chi connectivity index (χ0v) is 12.2. The predicted molar refractivity (Wildman–Crippen MR) is 75.9 cm³/mol. The first-order valence-electron chi connectivity index (χ1n) is 7.09. The van der Waals surface area contributed by atoms with Gasteiger partial charge in [-0.05, 0) is 39.2 Å². The van der Waals surface area contributed by atoms with Crippen molar-refractivity contribution in [3.63, 3.8) is 0 Å². The van der Waals surface area contributed by atoms with E-state index < -0.39 is 0 Å². The SMILES string of the molecule is CCCN(CC1CC1)c1c(CNC)c(C)nn1C. The maximum atomic E-state index is 4.60. The van der Waals surface area contributed by atoms with E-state index in [0.717, 1.165) is 24.7 Å². The lowest BCUT2D eigenvalue weighted by atomic mass is 10.2. The van der Waals surface area contributed by atoms with E-state index in [4.69, 9.17) is 0 Å². The van der Waals surface area contributed by atoms with Crippen LogP contribution in [0.15, 0.2) is 0 Å². The molecule has 2 rings (SSSR count). The van der Waals surface area contributed by atoms with Crippen molar-refractivity contribution in [1.82, 2.24) is 15.1 Å². The van der Waals surface area contributed by atoms with Crippen molar-refractivity contribution in [2.45, 2.75) is 39.7 Å². The van der Waals surface area contributed by atoms with Crippen molar-refractivity contribution in [1.29, 1.82) is 0 Å². The monoisotopic (exact) mass is 250 g/mol. The van der Waals surface area contributed by atoms with E-state index in [9.17, 15) is 0 Å². The minimum atomic E-state index is 0.903. The van der Waals surface area contributed by atoms with Gasteiger partial charge in [0.1, 0.15) is 5.82 Å². The van der Waals surface area contributed by atoms with Crippen LogP contribution in [0.4, 0.5) is 5.82 Å². The highest BCUT2D eigenvalue weighted by Crippen LogP contribution is 2.33. The summed E-state index contributed by atoms with van der Waals surface area (Å²) in [4.78, 5) is 2.53. The smallest absolute Gasteiger partial charge is 0.131 e. The molecule has 0 bridgehead atoms. The Kier molecular flexibility index (Phi) is 4.27. The molecule has 4 heteroatoms. The van der Waals surface area contributed by atoms with E-state index in [1.165, 1.54) is 37.2 Å². The van der Waals surface area contributed by atoms with Gasteiger partial charge < -0.3 is 10.2 Å². The molecule has 0 saturated heterocycles. The van der Waals surface area contributed by atoms with Crippen molar-refractivity contribution in [3.8, 4) is 0 Å². The summed E-state index contributed by atoms with van der Waals surface area (Å²) in [5.41, 5.74) is 2.51. The van der Waals surface area contributed by atoms with Gasteiger partial charge in [-0.1, -0.05) is 6.92 Å². The molecule has 0 unspecified atom stereocenters. The lowest BCUT2D eigenvalue weighted by molar-refractivity contribution is 0.653. The molecule has 1 aliphatic carbocycles. The number of anilines is 1. The van der Waals surface area contributed by atoms with E-state index in [2.05, 4.69) is 40.9 Å². The molecule has 18 heavy (non-hydrogen) atoms. The van der Waals surface area contributed by atoms with Gasteiger partial charge >= 0.3 is 0 Å². The number of aryl methyl sites for hydroxylation is 2. The highest BCUT2D eigenvalue weighted by Gasteiger charge is 2.27. The Bertz CT molecular complexity index is 393.